The molecule has 2 aromatic heterocycles. The van der Waals surface area contributed by atoms with Crippen LogP contribution >= 0.6 is 0 Å². The first-order valence-electron chi connectivity index (χ1n) is 8.04. The van der Waals surface area contributed by atoms with Gasteiger partial charge >= 0.3 is 0 Å². The third kappa shape index (κ3) is 3.78. The normalized spacial score (nSPS) is 14.4. The number of carbonyl (C=O) groups is 1. The number of nitrogens with zero attached hydrogens (tertiary/aromatic N) is 5. The monoisotopic (exact) mass is 343 g/mol. The summed E-state index contributed by atoms with van der Waals surface area (Å²) in [5, 5.41) is 0. The van der Waals surface area contributed by atoms with Crippen LogP contribution in [0.2, 0.25) is 0 Å². The molecule has 132 valence electrons. The van der Waals surface area contributed by atoms with E-state index in [1.807, 2.05) is 11.8 Å². The summed E-state index contributed by atoms with van der Waals surface area (Å²) in [5.74, 6) is 1.64. The summed E-state index contributed by atoms with van der Waals surface area (Å²) >= 11 is 0. The van der Waals surface area contributed by atoms with Crippen LogP contribution in [0.4, 0.5) is 5.95 Å². The Bertz CT molecular complexity index is 742. The van der Waals surface area contributed by atoms with Gasteiger partial charge in [-0.05, 0) is 13.0 Å². The first kappa shape index (κ1) is 16.9. The highest BCUT2D eigenvalue weighted by molar-refractivity contribution is 5.94. The van der Waals surface area contributed by atoms with Crippen LogP contribution in [0.5, 0.6) is 11.8 Å². The molecule has 1 aliphatic rings. The molecule has 1 amide bonds. The number of carbonyl (C=O) groups excluding carboxylic acids is 1. The molecule has 3 heterocycles. The molecule has 1 saturated heterocycles. The fourth-order valence-electron chi connectivity index (χ4n) is 2.69. The van der Waals surface area contributed by atoms with Gasteiger partial charge in [0, 0.05) is 50.2 Å². The number of pyridine rings is 1. The standard InChI is InChI=1S/C17H21N5O3/c1-12-10-15(25-3)20-17(19-12)22-8-6-21(7-9-22)16(23)13-4-5-14(24-2)18-11-13/h4-5,10-11H,6-9H2,1-3H3. The van der Waals surface area contributed by atoms with Crippen molar-refractivity contribution < 1.29 is 14.3 Å². The number of amides is 1. The van der Waals surface area contributed by atoms with E-state index < -0.39 is 0 Å². The highest BCUT2D eigenvalue weighted by atomic mass is 16.5. The minimum absolute atomic E-state index is 0.0301. The van der Waals surface area contributed by atoms with Crippen molar-refractivity contribution in [1.82, 2.24) is 19.9 Å². The van der Waals surface area contributed by atoms with Gasteiger partial charge in [0.05, 0.1) is 19.8 Å². The number of methoxy groups -OCH3 is 2. The second kappa shape index (κ2) is 7.33. The van der Waals surface area contributed by atoms with Crippen molar-refractivity contribution in [3.63, 3.8) is 0 Å². The Morgan fingerprint density at radius 3 is 2.36 bits per heavy atom. The van der Waals surface area contributed by atoms with Crippen LogP contribution in [0.25, 0.3) is 0 Å². The molecule has 3 rings (SSSR count). The first-order valence-corrected chi connectivity index (χ1v) is 8.04. The van der Waals surface area contributed by atoms with Crippen LogP contribution in [0.3, 0.4) is 0 Å². The summed E-state index contributed by atoms with van der Waals surface area (Å²) in [5.41, 5.74) is 1.41. The van der Waals surface area contributed by atoms with Gasteiger partial charge in [-0.2, -0.15) is 4.98 Å². The third-order valence-corrected chi connectivity index (χ3v) is 4.07. The number of ether oxygens (including phenoxy) is 2. The number of anilines is 1. The molecular weight excluding hydrogens is 322 g/mol. The average molecular weight is 343 g/mol. The van der Waals surface area contributed by atoms with Gasteiger partial charge in [-0.25, -0.2) is 9.97 Å². The van der Waals surface area contributed by atoms with Crippen molar-refractivity contribution in [2.45, 2.75) is 6.92 Å². The van der Waals surface area contributed by atoms with Gasteiger partial charge in [-0.3, -0.25) is 4.79 Å². The van der Waals surface area contributed by atoms with Gasteiger partial charge in [-0.15, -0.1) is 0 Å². The molecule has 0 N–H and O–H groups in total. The highest BCUT2D eigenvalue weighted by Crippen LogP contribution is 2.18. The van der Waals surface area contributed by atoms with Crippen molar-refractivity contribution in [1.29, 1.82) is 0 Å². The number of hydrogen-bond donors (Lipinski definition) is 0. The molecule has 0 aliphatic carbocycles. The molecule has 8 heteroatoms. The number of aromatic nitrogens is 3. The Hall–Kier alpha value is -2.90. The Morgan fingerprint density at radius 2 is 1.76 bits per heavy atom. The SMILES string of the molecule is COc1ccc(C(=O)N2CCN(c3nc(C)cc(OC)n3)CC2)cn1. The minimum Gasteiger partial charge on any atom is -0.481 e. The van der Waals surface area contributed by atoms with Gasteiger partial charge < -0.3 is 19.3 Å². The maximum atomic E-state index is 12.6. The van der Waals surface area contributed by atoms with Gasteiger partial charge in [0.15, 0.2) is 0 Å². The Balaban J connectivity index is 1.65. The van der Waals surface area contributed by atoms with Crippen LogP contribution < -0.4 is 14.4 Å². The third-order valence-electron chi connectivity index (χ3n) is 4.07. The maximum Gasteiger partial charge on any atom is 0.255 e. The van der Waals surface area contributed by atoms with E-state index in [-0.39, 0.29) is 5.91 Å². The summed E-state index contributed by atoms with van der Waals surface area (Å²) in [6.45, 7) is 4.45. The van der Waals surface area contributed by atoms with Gasteiger partial charge in [-0.1, -0.05) is 0 Å². The molecule has 0 bridgehead atoms. The van der Waals surface area contributed by atoms with Crippen LogP contribution in [-0.2, 0) is 0 Å². The van der Waals surface area contributed by atoms with Crippen molar-refractivity contribution in [3.8, 4) is 11.8 Å². The molecule has 0 spiro atoms. The zero-order chi connectivity index (χ0) is 17.8. The lowest BCUT2D eigenvalue weighted by atomic mass is 10.2. The van der Waals surface area contributed by atoms with Crippen LogP contribution in [0, 0.1) is 6.92 Å². The first-order chi connectivity index (χ1) is 12.1. The molecule has 0 radical (unpaired) electrons. The van der Waals surface area contributed by atoms with E-state index in [9.17, 15) is 4.79 Å². The molecule has 2 aromatic rings. The molecule has 8 nitrogen and oxygen atoms in total. The van der Waals surface area contributed by atoms with Gasteiger partial charge in [0.25, 0.3) is 5.91 Å². The molecular formula is C17H21N5O3. The fraction of sp³-hybridized carbons (Fsp3) is 0.412. The zero-order valence-corrected chi connectivity index (χ0v) is 14.6. The molecule has 1 fully saturated rings. The van der Waals surface area contributed by atoms with Crippen LogP contribution in [0.1, 0.15) is 16.1 Å². The Labute approximate surface area is 146 Å². The van der Waals surface area contributed by atoms with Gasteiger partial charge in [0.2, 0.25) is 17.7 Å². The maximum absolute atomic E-state index is 12.6. The fourth-order valence-corrected chi connectivity index (χ4v) is 2.69. The Morgan fingerprint density at radius 1 is 1.04 bits per heavy atom. The van der Waals surface area contributed by atoms with Crippen molar-refractivity contribution in [2.75, 3.05) is 45.3 Å². The smallest absolute Gasteiger partial charge is 0.255 e. The summed E-state index contributed by atoms with van der Waals surface area (Å²) in [6.07, 6.45) is 1.54. The minimum atomic E-state index is -0.0301. The Kier molecular flexibility index (Phi) is 4.97. The van der Waals surface area contributed by atoms with Crippen LogP contribution in [-0.4, -0.2) is 66.2 Å². The summed E-state index contributed by atoms with van der Waals surface area (Å²) in [6, 6.07) is 5.21. The lowest BCUT2D eigenvalue weighted by Gasteiger charge is -2.34. The largest absolute Gasteiger partial charge is 0.481 e. The van der Waals surface area contributed by atoms with Crippen molar-refractivity contribution >= 4 is 11.9 Å². The number of rotatable bonds is 4. The van der Waals surface area contributed by atoms with E-state index in [1.54, 1.807) is 38.6 Å². The number of aryl methyl sites for hydroxylation is 1. The average Bonchev–Trinajstić information content (AvgIpc) is 2.67. The number of piperazine rings is 1. The van der Waals surface area contributed by atoms with E-state index in [2.05, 4.69) is 19.9 Å². The second-order valence-electron chi connectivity index (χ2n) is 5.72. The quantitative estimate of drug-likeness (QED) is 0.824. The summed E-state index contributed by atoms with van der Waals surface area (Å²) in [7, 11) is 3.14. The van der Waals surface area contributed by atoms with E-state index in [4.69, 9.17) is 9.47 Å². The van der Waals surface area contributed by atoms with E-state index >= 15 is 0 Å². The van der Waals surface area contributed by atoms with E-state index in [1.165, 1.54) is 0 Å². The van der Waals surface area contributed by atoms with Gasteiger partial charge in [0.1, 0.15) is 0 Å². The summed E-state index contributed by atoms with van der Waals surface area (Å²) in [4.78, 5) is 29.4. The lowest BCUT2D eigenvalue weighted by Crippen LogP contribution is -2.49. The predicted molar refractivity (Wildman–Crippen MR) is 92.2 cm³/mol. The lowest BCUT2D eigenvalue weighted by molar-refractivity contribution is 0.0745. The molecule has 0 atom stereocenters. The topological polar surface area (TPSA) is 80.7 Å². The summed E-state index contributed by atoms with van der Waals surface area (Å²) < 4.78 is 10.2. The molecule has 0 aromatic carbocycles. The van der Waals surface area contributed by atoms with E-state index in [0.717, 1.165) is 5.69 Å². The second-order valence-corrected chi connectivity index (χ2v) is 5.72. The number of hydrogen-bond acceptors (Lipinski definition) is 7. The molecule has 25 heavy (non-hydrogen) atoms. The molecule has 0 saturated carbocycles. The molecule has 1 aliphatic heterocycles. The van der Waals surface area contributed by atoms with E-state index in [0.29, 0.717) is 49.5 Å². The van der Waals surface area contributed by atoms with Crippen molar-refractivity contribution in [2.24, 2.45) is 0 Å². The highest BCUT2D eigenvalue weighted by Gasteiger charge is 2.24. The zero-order valence-electron chi connectivity index (χ0n) is 14.6. The van der Waals surface area contributed by atoms with Crippen LogP contribution in [0.15, 0.2) is 24.4 Å². The predicted octanol–water partition coefficient (Wildman–Crippen LogP) is 1.16. The van der Waals surface area contributed by atoms with Crippen molar-refractivity contribution in [3.05, 3.63) is 35.7 Å². The molecule has 0 unspecified atom stereocenters.